The van der Waals surface area contributed by atoms with Gasteiger partial charge >= 0.3 is 0 Å². The average Bonchev–Trinajstić information content (AvgIpc) is 2.49. The molecule has 21 heavy (non-hydrogen) atoms. The zero-order chi connectivity index (χ0) is 15.2. The molecule has 1 aromatic heterocycles. The number of halogens is 3. The van der Waals surface area contributed by atoms with E-state index in [0.29, 0.717) is 19.0 Å². The number of anilines is 3. The van der Waals surface area contributed by atoms with Gasteiger partial charge in [-0.05, 0) is 18.2 Å². The molecular weight excluding hydrogens is 285 g/mol. The van der Waals surface area contributed by atoms with Gasteiger partial charge in [0.1, 0.15) is 5.82 Å². The highest BCUT2D eigenvalue weighted by molar-refractivity contribution is 5.55. The summed E-state index contributed by atoms with van der Waals surface area (Å²) in [5.74, 6) is -3.57. The van der Waals surface area contributed by atoms with Crippen molar-refractivity contribution in [2.24, 2.45) is 0 Å². The summed E-state index contributed by atoms with van der Waals surface area (Å²) < 4.78 is 44.4. The predicted octanol–water partition coefficient (Wildman–Crippen LogP) is 2.70. The number of hydrogen-bond acceptors (Lipinski definition) is 5. The monoisotopic (exact) mass is 298 g/mol. The van der Waals surface area contributed by atoms with Crippen LogP contribution in [-0.4, -0.2) is 30.2 Å². The fraction of sp³-hybridized carbons (Fsp3) is 0.231. The van der Waals surface area contributed by atoms with E-state index in [2.05, 4.69) is 20.6 Å². The second-order valence-corrected chi connectivity index (χ2v) is 4.03. The molecule has 0 saturated heterocycles. The number of nitrogens with zero attached hydrogens (tertiary/aromatic N) is 2. The van der Waals surface area contributed by atoms with Crippen LogP contribution in [0.5, 0.6) is 0 Å². The van der Waals surface area contributed by atoms with E-state index in [1.807, 2.05) is 0 Å². The third kappa shape index (κ3) is 3.82. The van der Waals surface area contributed by atoms with Crippen molar-refractivity contribution in [2.45, 2.75) is 0 Å². The third-order valence-corrected chi connectivity index (χ3v) is 2.55. The molecule has 0 amide bonds. The Morgan fingerprint density at radius 3 is 2.71 bits per heavy atom. The normalized spacial score (nSPS) is 10.5. The lowest BCUT2D eigenvalue weighted by atomic mass is 10.3. The largest absolute Gasteiger partial charge is 0.383 e. The first kappa shape index (κ1) is 15.0. The number of aromatic nitrogens is 2. The molecule has 112 valence electrons. The van der Waals surface area contributed by atoms with Crippen LogP contribution < -0.4 is 10.6 Å². The predicted molar refractivity (Wildman–Crippen MR) is 72.0 cm³/mol. The Hall–Kier alpha value is -2.35. The van der Waals surface area contributed by atoms with Crippen molar-refractivity contribution in [2.75, 3.05) is 30.9 Å². The summed E-state index contributed by atoms with van der Waals surface area (Å²) in [5, 5.41) is 5.46. The lowest BCUT2D eigenvalue weighted by Crippen LogP contribution is -2.10. The van der Waals surface area contributed by atoms with E-state index >= 15 is 0 Å². The first-order valence-corrected chi connectivity index (χ1v) is 6.08. The van der Waals surface area contributed by atoms with E-state index in [9.17, 15) is 13.2 Å². The molecule has 5 nitrogen and oxygen atoms in total. The van der Waals surface area contributed by atoms with Crippen LogP contribution in [0.1, 0.15) is 0 Å². The van der Waals surface area contributed by atoms with Crippen molar-refractivity contribution in [1.82, 2.24) is 9.97 Å². The van der Waals surface area contributed by atoms with Gasteiger partial charge in [-0.25, -0.2) is 18.2 Å². The molecule has 0 spiro atoms. The fourth-order valence-corrected chi connectivity index (χ4v) is 1.54. The van der Waals surface area contributed by atoms with Crippen LogP contribution in [-0.2, 0) is 4.74 Å². The van der Waals surface area contributed by atoms with Crippen LogP contribution in [0.3, 0.4) is 0 Å². The Bertz CT molecular complexity index is 624. The molecule has 1 aromatic carbocycles. The van der Waals surface area contributed by atoms with Gasteiger partial charge in [-0.15, -0.1) is 0 Å². The standard InChI is InChI=1S/C13H13F3N4O/c1-21-7-6-17-10-4-5-18-13(20-10)19-9-3-2-8(14)11(15)12(9)16/h2-5H,6-7H2,1H3,(H2,17,18,19,20). The van der Waals surface area contributed by atoms with Crippen molar-refractivity contribution < 1.29 is 17.9 Å². The fourth-order valence-electron chi connectivity index (χ4n) is 1.54. The maximum absolute atomic E-state index is 13.5. The van der Waals surface area contributed by atoms with E-state index in [-0.39, 0.29) is 11.6 Å². The summed E-state index contributed by atoms with van der Waals surface area (Å²) in [6.45, 7) is 1.02. The third-order valence-electron chi connectivity index (χ3n) is 2.55. The summed E-state index contributed by atoms with van der Waals surface area (Å²) >= 11 is 0. The molecule has 2 rings (SSSR count). The van der Waals surface area contributed by atoms with Crippen molar-refractivity contribution in [3.8, 4) is 0 Å². The van der Waals surface area contributed by atoms with E-state index in [4.69, 9.17) is 4.74 Å². The lowest BCUT2D eigenvalue weighted by Gasteiger charge is -2.09. The summed E-state index contributed by atoms with van der Waals surface area (Å²) in [5.41, 5.74) is -0.247. The minimum Gasteiger partial charge on any atom is -0.383 e. The molecule has 0 radical (unpaired) electrons. The highest BCUT2D eigenvalue weighted by atomic mass is 19.2. The molecule has 0 aliphatic rings. The first-order valence-electron chi connectivity index (χ1n) is 6.08. The maximum Gasteiger partial charge on any atom is 0.229 e. The van der Waals surface area contributed by atoms with E-state index in [1.54, 1.807) is 13.2 Å². The van der Waals surface area contributed by atoms with Crippen LogP contribution in [0.25, 0.3) is 0 Å². The molecule has 2 aromatic rings. The molecule has 0 bridgehead atoms. The summed E-state index contributed by atoms with van der Waals surface area (Å²) in [7, 11) is 1.57. The van der Waals surface area contributed by atoms with Gasteiger partial charge in [0.2, 0.25) is 5.95 Å². The summed E-state index contributed by atoms with van der Waals surface area (Å²) in [6, 6.07) is 3.51. The molecule has 0 unspecified atom stereocenters. The molecule has 0 aliphatic heterocycles. The SMILES string of the molecule is COCCNc1ccnc(Nc2ccc(F)c(F)c2F)n1. The Morgan fingerprint density at radius 2 is 1.95 bits per heavy atom. The minimum absolute atomic E-state index is 0.0577. The summed E-state index contributed by atoms with van der Waals surface area (Å²) in [6.07, 6.45) is 1.45. The number of nitrogens with one attached hydrogen (secondary N) is 2. The number of ether oxygens (including phenoxy) is 1. The maximum atomic E-state index is 13.5. The van der Waals surface area contributed by atoms with Crippen LogP contribution in [0.2, 0.25) is 0 Å². The average molecular weight is 298 g/mol. The molecule has 1 heterocycles. The Labute approximate surface area is 119 Å². The molecule has 8 heteroatoms. The molecular formula is C13H13F3N4O. The highest BCUT2D eigenvalue weighted by Gasteiger charge is 2.14. The van der Waals surface area contributed by atoms with Crippen molar-refractivity contribution in [3.63, 3.8) is 0 Å². The molecule has 0 saturated carbocycles. The molecule has 0 fully saturated rings. The zero-order valence-electron chi connectivity index (χ0n) is 11.2. The Kier molecular flexibility index (Phi) is 4.94. The van der Waals surface area contributed by atoms with Gasteiger partial charge in [-0.2, -0.15) is 4.98 Å². The lowest BCUT2D eigenvalue weighted by molar-refractivity contribution is 0.210. The second kappa shape index (κ2) is 6.89. The van der Waals surface area contributed by atoms with Crippen molar-refractivity contribution in [1.29, 1.82) is 0 Å². The van der Waals surface area contributed by atoms with E-state index in [1.165, 1.54) is 6.20 Å². The van der Waals surface area contributed by atoms with Crippen LogP contribution >= 0.6 is 0 Å². The van der Waals surface area contributed by atoms with Gasteiger partial charge in [-0.3, -0.25) is 0 Å². The summed E-state index contributed by atoms with van der Waals surface area (Å²) in [4.78, 5) is 7.94. The highest BCUT2D eigenvalue weighted by Crippen LogP contribution is 2.22. The Balaban J connectivity index is 2.13. The smallest absolute Gasteiger partial charge is 0.229 e. The zero-order valence-corrected chi connectivity index (χ0v) is 11.2. The number of hydrogen-bond donors (Lipinski definition) is 2. The quantitative estimate of drug-likeness (QED) is 0.634. The minimum atomic E-state index is -1.55. The van der Waals surface area contributed by atoms with Crippen molar-refractivity contribution >= 4 is 17.5 Å². The van der Waals surface area contributed by atoms with E-state index in [0.717, 1.165) is 12.1 Å². The van der Waals surface area contributed by atoms with Crippen LogP contribution in [0.4, 0.5) is 30.6 Å². The van der Waals surface area contributed by atoms with Crippen LogP contribution in [0.15, 0.2) is 24.4 Å². The van der Waals surface area contributed by atoms with Gasteiger partial charge in [0, 0.05) is 19.9 Å². The van der Waals surface area contributed by atoms with Gasteiger partial charge in [-0.1, -0.05) is 0 Å². The number of methoxy groups -OCH3 is 1. The van der Waals surface area contributed by atoms with Gasteiger partial charge in [0.25, 0.3) is 0 Å². The second-order valence-electron chi connectivity index (χ2n) is 4.03. The van der Waals surface area contributed by atoms with Gasteiger partial charge < -0.3 is 15.4 Å². The van der Waals surface area contributed by atoms with E-state index < -0.39 is 17.5 Å². The van der Waals surface area contributed by atoms with Gasteiger partial charge in [0.05, 0.1) is 12.3 Å². The van der Waals surface area contributed by atoms with Gasteiger partial charge in [0.15, 0.2) is 17.5 Å². The number of benzene rings is 1. The molecule has 0 aliphatic carbocycles. The topological polar surface area (TPSA) is 59.1 Å². The molecule has 0 atom stereocenters. The van der Waals surface area contributed by atoms with Crippen molar-refractivity contribution in [3.05, 3.63) is 41.8 Å². The molecule has 2 N–H and O–H groups in total. The van der Waals surface area contributed by atoms with Crippen LogP contribution in [0, 0.1) is 17.5 Å². The Morgan fingerprint density at radius 1 is 1.14 bits per heavy atom. The first-order chi connectivity index (χ1) is 10.1. The number of rotatable bonds is 6.